The van der Waals surface area contributed by atoms with Crippen LogP contribution < -0.4 is 0 Å². The molecule has 5 aliphatic heterocycles. The molecule has 0 unspecified atom stereocenters. The summed E-state index contributed by atoms with van der Waals surface area (Å²) in [6.45, 7) is 13.9. The molecule has 358 valence electrons. The Balaban J connectivity index is 0.884. The zero-order chi connectivity index (χ0) is 45.1. The Morgan fingerprint density at radius 3 is 2.14 bits per heavy atom. The summed E-state index contributed by atoms with van der Waals surface area (Å²) in [6.07, 6.45) is -11.7. The predicted molar refractivity (Wildman–Crippen MR) is 218 cm³/mol. The van der Waals surface area contributed by atoms with Crippen molar-refractivity contribution in [2.45, 2.75) is 210 Å². The first kappa shape index (κ1) is 46.7. The van der Waals surface area contributed by atoms with E-state index in [1.807, 2.05) is 0 Å². The summed E-state index contributed by atoms with van der Waals surface area (Å²) in [6, 6.07) is 0. The van der Waals surface area contributed by atoms with Crippen LogP contribution in [0.3, 0.4) is 0 Å². The molecule has 7 N–H and O–H groups in total. The number of hydrogen-bond acceptors (Lipinski definition) is 17. The highest BCUT2D eigenvalue weighted by molar-refractivity contribution is 5.66. The van der Waals surface area contributed by atoms with Crippen molar-refractivity contribution in [1.82, 2.24) is 0 Å². The van der Waals surface area contributed by atoms with E-state index in [1.54, 1.807) is 6.92 Å². The van der Waals surface area contributed by atoms with Gasteiger partial charge in [-0.05, 0) is 87.4 Å². The van der Waals surface area contributed by atoms with Crippen LogP contribution in [0.1, 0.15) is 99.8 Å². The maximum Gasteiger partial charge on any atom is 0.303 e. The molecule has 8 fully saturated rings. The molecule has 5 saturated heterocycles. The fourth-order valence-electron chi connectivity index (χ4n) is 14.1. The molecule has 0 radical (unpaired) electrons. The molecule has 26 atom stereocenters. The van der Waals surface area contributed by atoms with Gasteiger partial charge in [-0.15, -0.1) is 0 Å². The molecular weight excluding hydrogens is 824 g/mol. The maximum atomic E-state index is 12.2. The number of aliphatic hydroxyl groups is 7. The normalized spacial score (nSPS) is 56.8. The van der Waals surface area contributed by atoms with E-state index in [0.29, 0.717) is 48.3 Å². The SMILES string of the molecule is CC(=O)O[C@H]1[C@H](O[C@H]2O[C@@H](C)[C@H](O)[C@@H](O)[C@@H]2O)[C@@H](O[C@H]2[C@H](O)[C@@H](O[C@@H]3CC4=CC[C@@H]5[C@@H]6C[C@H]7O[C@@]8(CC[C@H](C)CO8)[C@@H](C)[C@H]7[C@]6(C)CC[C@@H]5[C@@]4(C)[C@H](O)C3)O[C@@H](C)[C@@H]2O)OC[C@@H]1O. The summed E-state index contributed by atoms with van der Waals surface area (Å²) >= 11 is 0. The Morgan fingerprint density at radius 1 is 0.746 bits per heavy atom. The summed E-state index contributed by atoms with van der Waals surface area (Å²) < 4.78 is 55.1. The minimum absolute atomic E-state index is 0.133. The number of fused-ring (bicyclic) bond motifs is 7. The smallest absolute Gasteiger partial charge is 0.303 e. The van der Waals surface area contributed by atoms with E-state index in [2.05, 4.69) is 33.8 Å². The van der Waals surface area contributed by atoms with Gasteiger partial charge in [0.1, 0.15) is 42.7 Å². The number of ether oxygens (including phenoxy) is 9. The van der Waals surface area contributed by atoms with Crippen LogP contribution >= 0.6 is 0 Å². The van der Waals surface area contributed by atoms with E-state index in [-0.39, 0.29) is 11.5 Å². The molecule has 4 aliphatic carbocycles. The third-order valence-electron chi connectivity index (χ3n) is 17.6. The minimum atomic E-state index is -1.75. The lowest BCUT2D eigenvalue weighted by molar-refractivity contribution is -0.378. The molecule has 5 heterocycles. The van der Waals surface area contributed by atoms with Crippen molar-refractivity contribution in [3.8, 4) is 0 Å². The van der Waals surface area contributed by atoms with Gasteiger partial charge in [0.2, 0.25) is 0 Å². The molecule has 63 heavy (non-hydrogen) atoms. The van der Waals surface area contributed by atoms with Crippen molar-refractivity contribution in [3.05, 3.63) is 11.6 Å². The molecular formula is C46H72O17. The van der Waals surface area contributed by atoms with Gasteiger partial charge in [-0.25, -0.2) is 0 Å². The first-order valence-electron chi connectivity index (χ1n) is 23.6. The maximum absolute atomic E-state index is 12.2. The predicted octanol–water partition coefficient (Wildman–Crippen LogP) is 1.42. The van der Waals surface area contributed by atoms with E-state index in [1.165, 1.54) is 6.92 Å². The van der Waals surface area contributed by atoms with Crippen LogP contribution in [0, 0.1) is 46.3 Å². The van der Waals surface area contributed by atoms with Crippen molar-refractivity contribution in [1.29, 1.82) is 0 Å². The second kappa shape index (κ2) is 17.3. The Kier molecular flexibility index (Phi) is 12.8. The molecule has 0 amide bonds. The number of carbonyl (C=O) groups is 1. The highest BCUT2D eigenvalue weighted by Crippen LogP contribution is 2.70. The van der Waals surface area contributed by atoms with Gasteiger partial charge in [-0.2, -0.15) is 0 Å². The summed E-state index contributed by atoms with van der Waals surface area (Å²) in [5.41, 5.74) is 0.837. The highest BCUT2D eigenvalue weighted by atomic mass is 16.8. The van der Waals surface area contributed by atoms with E-state index >= 15 is 0 Å². The van der Waals surface area contributed by atoms with Gasteiger partial charge in [0.05, 0.1) is 43.7 Å². The van der Waals surface area contributed by atoms with Crippen LogP contribution in [0.15, 0.2) is 11.6 Å². The van der Waals surface area contributed by atoms with Crippen LogP contribution in [0.2, 0.25) is 0 Å². The quantitative estimate of drug-likeness (QED) is 0.141. The molecule has 3 saturated carbocycles. The Hall–Kier alpha value is -1.39. The monoisotopic (exact) mass is 896 g/mol. The van der Waals surface area contributed by atoms with E-state index < -0.39 is 122 Å². The lowest BCUT2D eigenvalue weighted by Gasteiger charge is -2.60. The van der Waals surface area contributed by atoms with E-state index in [9.17, 15) is 40.5 Å². The van der Waals surface area contributed by atoms with Crippen molar-refractivity contribution in [2.75, 3.05) is 13.2 Å². The summed E-state index contributed by atoms with van der Waals surface area (Å²) in [5, 5.41) is 77.6. The van der Waals surface area contributed by atoms with Crippen molar-refractivity contribution >= 4 is 5.97 Å². The molecule has 9 aliphatic rings. The summed E-state index contributed by atoms with van der Waals surface area (Å²) in [7, 11) is 0. The number of hydrogen-bond donors (Lipinski definition) is 7. The van der Waals surface area contributed by atoms with Crippen LogP contribution in [0.25, 0.3) is 0 Å². The molecule has 0 bridgehead atoms. The third-order valence-corrected chi connectivity index (χ3v) is 17.6. The van der Waals surface area contributed by atoms with Gasteiger partial charge in [-0.1, -0.05) is 39.3 Å². The average molecular weight is 897 g/mol. The van der Waals surface area contributed by atoms with E-state index in [0.717, 1.165) is 57.6 Å². The summed E-state index contributed by atoms with van der Waals surface area (Å²) in [4.78, 5) is 12.2. The Morgan fingerprint density at radius 2 is 1.44 bits per heavy atom. The number of rotatable bonds is 7. The van der Waals surface area contributed by atoms with Crippen molar-refractivity contribution in [2.24, 2.45) is 46.3 Å². The number of aliphatic hydroxyl groups excluding tert-OH is 7. The Labute approximate surface area is 369 Å². The highest BCUT2D eigenvalue weighted by Gasteiger charge is 2.69. The number of esters is 1. The second-order valence-corrected chi connectivity index (χ2v) is 21.3. The Bertz CT molecular complexity index is 1690. The number of carbonyl (C=O) groups excluding carboxylic acids is 1. The molecule has 17 nitrogen and oxygen atoms in total. The van der Waals surface area contributed by atoms with Gasteiger partial charge < -0.3 is 78.4 Å². The van der Waals surface area contributed by atoms with Crippen LogP contribution in [0.4, 0.5) is 0 Å². The third kappa shape index (κ3) is 7.78. The van der Waals surface area contributed by atoms with Crippen LogP contribution in [-0.4, -0.2) is 165 Å². The van der Waals surface area contributed by atoms with Gasteiger partial charge in [-0.3, -0.25) is 4.79 Å². The van der Waals surface area contributed by atoms with Crippen molar-refractivity contribution < 1.29 is 83.2 Å². The molecule has 0 aromatic heterocycles. The van der Waals surface area contributed by atoms with Crippen LogP contribution in [-0.2, 0) is 47.4 Å². The van der Waals surface area contributed by atoms with Gasteiger partial charge >= 0.3 is 5.97 Å². The van der Waals surface area contributed by atoms with Crippen LogP contribution in [0.5, 0.6) is 0 Å². The molecule has 17 heteroatoms. The standard InChI is InChI=1S/C46H72O17/c1-19-10-13-46(56-17-19)20(2)32-30(63-46)16-28-26-9-8-24-14-25(15-31(49)45(24,7)27(26)11-12-44(28,32)6)60-42-37(54)39(34(51)22(4)58-42)61-43-40(38(59-23(5)47)29(48)18-55-43)62-41-36(53)35(52)33(50)21(3)57-41/h8,19-22,25-43,48-54H,9-18H2,1-7H3/t19-,20-,21-,22-,25+,26-,27-,28-,29-,30+,31+,32+,33-,34-,35+,36-,37-,38+,39+,40-,41+,42+,43+,44+,45-,46-/m0/s1. The minimum Gasteiger partial charge on any atom is -0.457 e. The zero-order valence-corrected chi connectivity index (χ0v) is 37.6. The fraction of sp³-hybridized carbons (Fsp3) is 0.935. The van der Waals surface area contributed by atoms with Gasteiger partial charge in [0, 0.05) is 31.1 Å². The van der Waals surface area contributed by atoms with Gasteiger partial charge in [0.15, 0.2) is 36.9 Å². The number of allylic oxidation sites excluding steroid dienone is 1. The largest absolute Gasteiger partial charge is 0.457 e. The fourth-order valence-corrected chi connectivity index (χ4v) is 14.1. The molecule has 1 spiro atoms. The average Bonchev–Trinajstić information content (AvgIpc) is 3.68. The molecule has 9 rings (SSSR count). The molecule has 0 aromatic rings. The van der Waals surface area contributed by atoms with E-state index in [4.69, 9.17) is 42.6 Å². The van der Waals surface area contributed by atoms with Crippen molar-refractivity contribution in [3.63, 3.8) is 0 Å². The lowest BCUT2D eigenvalue weighted by Crippen LogP contribution is -2.65. The zero-order valence-electron chi connectivity index (χ0n) is 37.6. The first-order chi connectivity index (χ1) is 29.8. The molecule has 0 aromatic carbocycles. The topological polar surface area (TPSA) is 242 Å². The lowest BCUT2D eigenvalue weighted by atomic mass is 9.46. The second-order valence-electron chi connectivity index (χ2n) is 21.3. The summed E-state index contributed by atoms with van der Waals surface area (Å²) in [5.74, 6) is 1.28. The van der Waals surface area contributed by atoms with Gasteiger partial charge in [0.25, 0.3) is 0 Å². The first-order valence-corrected chi connectivity index (χ1v) is 23.6.